The highest BCUT2D eigenvalue weighted by atomic mass is 16.5. The number of nitrogens with zero attached hydrogens (tertiary/aromatic N) is 2. The Bertz CT molecular complexity index is 675. The SMILES string of the molecule is CCN(CC)c1ccc(C(=O)Nc2cn[nH]c2C(=O)OC)cc1. The minimum absolute atomic E-state index is 0.112. The summed E-state index contributed by atoms with van der Waals surface area (Å²) in [5, 5.41) is 8.91. The number of hydrogen-bond acceptors (Lipinski definition) is 5. The number of carbonyl (C=O) groups excluding carboxylic acids is 2. The van der Waals surface area contributed by atoms with Gasteiger partial charge >= 0.3 is 5.97 Å². The van der Waals surface area contributed by atoms with E-state index in [1.807, 2.05) is 12.1 Å². The summed E-state index contributed by atoms with van der Waals surface area (Å²) in [6.07, 6.45) is 1.37. The summed E-state index contributed by atoms with van der Waals surface area (Å²) in [7, 11) is 1.26. The van der Waals surface area contributed by atoms with Gasteiger partial charge in [-0.25, -0.2) is 4.79 Å². The van der Waals surface area contributed by atoms with Crippen molar-refractivity contribution in [3.05, 3.63) is 41.7 Å². The molecule has 0 aliphatic heterocycles. The van der Waals surface area contributed by atoms with Crippen molar-refractivity contribution in [3.8, 4) is 0 Å². The molecule has 0 saturated carbocycles. The molecule has 0 fully saturated rings. The number of carbonyl (C=O) groups is 2. The number of benzene rings is 1. The molecule has 0 aliphatic rings. The average Bonchev–Trinajstić information content (AvgIpc) is 3.04. The highest BCUT2D eigenvalue weighted by molar-refractivity contribution is 6.07. The molecular formula is C16H20N4O3. The second kappa shape index (κ2) is 7.44. The zero-order valence-electron chi connectivity index (χ0n) is 13.4. The van der Waals surface area contributed by atoms with Crippen LogP contribution in [0.15, 0.2) is 30.5 Å². The van der Waals surface area contributed by atoms with Gasteiger partial charge in [-0.3, -0.25) is 9.89 Å². The number of nitrogens with one attached hydrogen (secondary N) is 2. The summed E-state index contributed by atoms with van der Waals surface area (Å²) in [6, 6.07) is 7.30. The summed E-state index contributed by atoms with van der Waals surface area (Å²) in [6.45, 7) is 5.97. The number of esters is 1. The molecule has 23 heavy (non-hydrogen) atoms. The molecule has 1 aromatic carbocycles. The number of anilines is 2. The van der Waals surface area contributed by atoms with Crippen LogP contribution in [-0.4, -0.2) is 42.3 Å². The lowest BCUT2D eigenvalue weighted by Gasteiger charge is -2.21. The number of H-pyrrole nitrogens is 1. The Hall–Kier alpha value is -2.83. The smallest absolute Gasteiger partial charge is 0.358 e. The number of aromatic nitrogens is 2. The zero-order chi connectivity index (χ0) is 16.8. The quantitative estimate of drug-likeness (QED) is 0.798. The van der Waals surface area contributed by atoms with E-state index in [9.17, 15) is 9.59 Å². The molecule has 7 nitrogen and oxygen atoms in total. The number of aromatic amines is 1. The number of hydrogen-bond donors (Lipinski definition) is 2. The molecule has 122 valence electrons. The van der Waals surface area contributed by atoms with Crippen molar-refractivity contribution >= 4 is 23.3 Å². The molecule has 0 unspecified atom stereocenters. The molecule has 1 aromatic heterocycles. The maximum Gasteiger partial charge on any atom is 0.358 e. The predicted octanol–water partition coefficient (Wildman–Crippen LogP) is 2.29. The molecular weight excluding hydrogens is 296 g/mol. The molecule has 0 saturated heterocycles. The van der Waals surface area contributed by atoms with Crippen LogP contribution < -0.4 is 10.2 Å². The maximum absolute atomic E-state index is 12.3. The third-order valence-electron chi connectivity index (χ3n) is 3.54. The molecule has 2 N–H and O–H groups in total. The summed E-state index contributed by atoms with van der Waals surface area (Å²) < 4.78 is 4.62. The molecule has 7 heteroatoms. The van der Waals surface area contributed by atoms with Crippen LogP contribution in [0.3, 0.4) is 0 Å². The number of methoxy groups -OCH3 is 1. The Morgan fingerprint density at radius 1 is 1.22 bits per heavy atom. The van der Waals surface area contributed by atoms with Gasteiger partial charge in [0, 0.05) is 24.3 Å². The number of ether oxygens (including phenoxy) is 1. The van der Waals surface area contributed by atoms with Crippen LogP contribution in [0.25, 0.3) is 0 Å². The Balaban J connectivity index is 2.12. The molecule has 0 atom stereocenters. The van der Waals surface area contributed by atoms with Gasteiger partial charge in [-0.2, -0.15) is 5.10 Å². The Labute approximate surface area is 134 Å². The largest absolute Gasteiger partial charge is 0.464 e. The van der Waals surface area contributed by atoms with Crippen molar-refractivity contribution in [3.63, 3.8) is 0 Å². The van der Waals surface area contributed by atoms with E-state index in [1.165, 1.54) is 13.3 Å². The lowest BCUT2D eigenvalue weighted by molar-refractivity contribution is 0.0595. The van der Waals surface area contributed by atoms with Crippen LogP contribution in [0.1, 0.15) is 34.7 Å². The van der Waals surface area contributed by atoms with E-state index in [0.29, 0.717) is 5.56 Å². The van der Waals surface area contributed by atoms with Gasteiger partial charge in [0.15, 0.2) is 5.69 Å². The number of rotatable bonds is 6. The van der Waals surface area contributed by atoms with Crippen LogP contribution in [0.5, 0.6) is 0 Å². The normalized spacial score (nSPS) is 10.2. The van der Waals surface area contributed by atoms with E-state index in [2.05, 4.69) is 39.0 Å². The minimum atomic E-state index is -0.588. The van der Waals surface area contributed by atoms with Crippen molar-refractivity contribution in [1.82, 2.24) is 10.2 Å². The molecule has 0 aliphatic carbocycles. The van der Waals surface area contributed by atoms with Crippen molar-refractivity contribution in [2.45, 2.75) is 13.8 Å². The van der Waals surface area contributed by atoms with E-state index in [4.69, 9.17) is 0 Å². The van der Waals surface area contributed by atoms with Crippen molar-refractivity contribution in [2.24, 2.45) is 0 Å². The fourth-order valence-corrected chi connectivity index (χ4v) is 2.25. The fourth-order valence-electron chi connectivity index (χ4n) is 2.25. The summed E-state index contributed by atoms with van der Waals surface area (Å²) in [4.78, 5) is 26.0. The average molecular weight is 316 g/mol. The van der Waals surface area contributed by atoms with Gasteiger partial charge in [-0.15, -0.1) is 0 Å². The first-order valence-corrected chi connectivity index (χ1v) is 7.38. The van der Waals surface area contributed by atoms with Gasteiger partial charge in [0.25, 0.3) is 5.91 Å². The van der Waals surface area contributed by atoms with E-state index < -0.39 is 5.97 Å². The van der Waals surface area contributed by atoms with Gasteiger partial charge in [-0.05, 0) is 38.1 Å². The zero-order valence-corrected chi connectivity index (χ0v) is 13.4. The standard InChI is InChI=1S/C16H20N4O3/c1-4-20(5-2)12-8-6-11(7-9-12)15(21)18-13-10-17-19-14(13)16(22)23-3/h6-10H,4-5H2,1-3H3,(H,17,19)(H,18,21). The second-order valence-electron chi connectivity index (χ2n) is 4.82. The first-order valence-electron chi connectivity index (χ1n) is 7.38. The lowest BCUT2D eigenvalue weighted by Crippen LogP contribution is -2.22. The highest BCUT2D eigenvalue weighted by Gasteiger charge is 2.17. The first kappa shape index (κ1) is 16.5. The molecule has 1 heterocycles. The Morgan fingerprint density at radius 2 is 1.87 bits per heavy atom. The molecule has 0 spiro atoms. The van der Waals surface area contributed by atoms with Gasteiger partial charge in [-0.1, -0.05) is 0 Å². The van der Waals surface area contributed by atoms with Gasteiger partial charge in [0.05, 0.1) is 19.0 Å². The second-order valence-corrected chi connectivity index (χ2v) is 4.82. The summed E-state index contributed by atoms with van der Waals surface area (Å²) >= 11 is 0. The van der Waals surface area contributed by atoms with Crippen LogP contribution in [0.4, 0.5) is 11.4 Å². The third kappa shape index (κ3) is 3.68. The molecule has 2 aromatic rings. The molecule has 1 amide bonds. The molecule has 2 rings (SSSR count). The highest BCUT2D eigenvalue weighted by Crippen LogP contribution is 2.17. The molecule has 0 radical (unpaired) electrons. The topological polar surface area (TPSA) is 87.3 Å². The van der Waals surface area contributed by atoms with Crippen LogP contribution in [-0.2, 0) is 4.74 Å². The monoisotopic (exact) mass is 316 g/mol. The summed E-state index contributed by atoms with van der Waals surface area (Å²) in [5.41, 5.74) is 1.96. The number of amides is 1. The Morgan fingerprint density at radius 3 is 2.43 bits per heavy atom. The first-order chi connectivity index (χ1) is 11.1. The minimum Gasteiger partial charge on any atom is -0.464 e. The van der Waals surface area contributed by atoms with E-state index in [0.717, 1.165) is 18.8 Å². The third-order valence-corrected chi connectivity index (χ3v) is 3.54. The van der Waals surface area contributed by atoms with E-state index in [-0.39, 0.29) is 17.3 Å². The van der Waals surface area contributed by atoms with Crippen LogP contribution in [0, 0.1) is 0 Å². The van der Waals surface area contributed by atoms with E-state index in [1.54, 1.807) is 12.1 Å². The Kier molecular flexibility index (Phi) is 5.35. The molecule has 0 bridgehead atoms. The summed E-state index contributed by atoms with van der Waals surface area (Å²) in [5.74, 6) is -0.905. The predicted molar refractivity (Wildman–Crippen MR) is 87.9 cm³/mol. The van der Waals surface area contributed by atoms with Crippen molar-refractivity contribution in [1.29, 1.82) is 0 Å². The van der Waals surface area contributed by atoms with Crippen LogP contribution in [0.2, 0.25) is 0 Å². The fraction of sp³-hybridized carbons (Fsp3) is 0.312. The van der Waals surface area contributed by atoms with Crippen molar-refractivity contribution in [2.75, 3.05) is 30.4 Å². The van der Waals surface area contributed by atoms with E-state index >= 15 is 0 Å². The maximum atomic E-state index is 12.3. The van der Waals surface area contributed by atoms with Crippen molar-refractivity contribution < 1.29 is 14.3 Å². The van der Waals surface area contributed by atoms with Gasteiger partial charge in [0.1, 0.15) is 0 Å². The van der Waals surface area contributed by atoms with Gasteiger partial charge in [0.2, 0.25) is 0 Å². The lowest BCUT2D eigenvalue weighted by atomic mass is 10.1. The van der Waals surface area contributed by atoms with Gasteiger partial charge < -0.3 is 15.0 Å². The van der Waals surface area contributed by atoms with Crippen LogP contribution >= 0.6 is 0 Å².